The van der Waals surface area contributed by atoms with Crippen LogP contribution in [0.3, 0.4) is 0 Å². The fourth-order valence-electron chi connectivity index (χ4n) is 6.21. The summed E-state index contributed by atoms with van der Waals surface area (Å²) in [5, 5.41) is 0.106. The summed E-state index contributed by atoms with van der Waals surface area (Å²) < 4.78 is 63.0. The molecule has 2 atom stereocenters. The highest BCUT2D eigenvalue weighted by Gasteiger charge is 2.40. The second-order valence-corrected chi connectivity index (χ2v) is 14.8. The Bertz CT molecular complexity index is 1700. The molecule has 272 valence electrons. The van der Waals surface area contributed by atoms with Gasteiger partial charge in [0.2, 0.25) is 10.0 Å². The number of methoxy groups -OCH3 is 3. The molecule has 2 aliphatic heterocycles. The van der Waals surface area contributed by atoms with E-state index in [4.69, 9.17) is 51.6 Å². The number of carbonyl (C=O) groups excluding carboxylic acids is 1. The third-order valence-corrected chi connectivity index (χ3v) is 11.4. The summed E-state index contributed by atoms with van der Waals surface area (Å²) in [6.07, 6.45) is 1.82. The van der Waals surface area contributed by atoms with Gasteiger partial charge in [0.1, 0.15) is 24.5 Å². The van der Waals surface area contributed by atoms with Gasteiger partial charge in [-0.2, -0.15) is 4.31 Å². The van der Waals surface area contributed by atoms with Gasteiger partial charge in [0.15, 0.2) is 17.2 Å². The van der Waals surface area contributed by atoms with E-state index in [1.807, 2.05) is 42.5 Å². The molecule has 0 unspecified atom stereocenters. The number of halogens is 2. The number of ether oxygens (including phenoxy) is 6. The molecule has 0 amide bonds. The Labute approximate surface area is 304 Å². The molecular weight excluding hydrogens is 707 g/mol. The standard InChI is InChI=1S/C36H44Cl2N2O9S/c1-44-33-13-11-25(21-34(33)45-2)10-12-32(26-7-6-8-27(22-26)48-20-17-39-15-18-47-19-16-39)49-36(41)31-9-4-5-14-40(31)50(42,43)28-23-29(37)35(46-3)30(38)24-28/h6-8,11,13,21-24,31-32H,4-5,9-10,12,14-20H2,1-3H3/t31-,32+/m0/s1. The van der Waals surface area contributed by atoms with Crippen molar-refractivity contribution in [3.63, 3.8) is 0 Å². The first-order chi connectivity index (χ1) is 24.1. The van der Waals surface area contributed by atoms with Crippen LogP contribution in [-0.4, -0.2) is 97.0 Å². The highest BCUT2D eigenvalue weighted by Crippen LogP contribution is 2.38. The number of hydrogen-bond acceptors (Lipinski definition) is 10. The smallest absolute Gasteiger partial charge is 0.325 e. The van der Waals surface area contributed by atoms with Crippen LogP contribution < -0.4 is 18.9 Å². The van der Waals surface area contributed by atoms with Crippen molar-refractivity contribution in [2.45, 2.75) is 49.1 Å². The minimum Gasteiger partial charge on any atom is -0.494 e. The molecule has 0 N–H and O–H groups in total. The molecule has 0 radical (unpaired) electrons. The normalized spacial score (nSPS) is 17.9. The Kier molecular flexibility index (Phi) is 13.5. The van der Waals surface area contributed by atoms with E-state index in [0.717, 1.165) is 30.8 Å². The number of nitrogens with zero attached hydrogens (tertiary/aromatic N) is 2. The fraction of sp³-hybridized carbons (Fsp3) is 0.472. The van der Waals surface area contributed by atoms with Crippen LogP contribution in [0.2, 0.25) is 10.0 Å². The monoisotopic (exact) mass is 750 g/mol. The van der Waals surface area contributed by atoms with Gasteiger partial charge in [-0.15, -0.1) is 0 Å². The molecule has 50 heavy (non-hydrogen) atoms. The number of rotatable bonds is 15. The molecule has 5 rings (SSSR count). The zero-order chi connectivity index (χ0) is 35.7. The summed E-state index contributed by atoms with van der Waals surface area (Å²) in [4.78, 5) is 16.2. The third kappa shape index (κ3) is 9.34. The van der Waals surface area contributed by atoms with Crippen LogP contribution in [0.15, 0.2) is 59.5 Å². The average Bonchev–Trinajstić information content (AvgIpc) is 3.13. The van der Waals surface area contributed by atoms with Gasteiger partial charge in [0.25, 0.3) is 0 Å². The quantitative estimate of drug-likeness (QED) is 0.167. The molecule has 0 saturated carbocycles. The number of carbonyl (C=O) groups is 1. The Morgan fingerprint density at radius 2 is 1.66 bits per heavy atom. The maximum absolute atomic E-state index is 14.0. The lowest BCUT2D eigenvalue weighted by Crippen LogP contribution is -2.48. The third-order valence-electron chi connectivity index (χ3n) is 8.92. The van der Waals surface area contributed by atoms with Gasteiger partial charge < -0.3 is 28.4 Å². The van der Waals surface area contributed by atoms with Crippen LogP contribution in [0.4, 0.5) is 0 Å². The molecular formula is C36H44Cl2N2O9S. The van der Waals surface area contributed by atoms with Crippen LogP contribution in [0.5, 0.6) is 23.0 Å². The van der Waals surface area contributed by atoms with Crippen LogP contribution in [-0.2, 0) is 30.7 Å². The number of piperidine rings is 1. The largest absolute Gasteiger partial charge is 0.494 e. The molecule has 3 aromatic rings. The van der Waals surface area contributed by atoms with Crippen molar-refractivity contribution in [2.75, 3.05) is 67.3 Å². The minimum atomic E-state index is -4.17. The number of esters is 1. The van der Waals surface area contributed by atoms with E-state index < -0.39 is 28.1 Å². The molecule has 11 nitrogen and oxygen atoms in total. The van der Waals surface area contributed by atoms with E-state index in [0.29, 0.717) is 69.2 Å². The fourth-order valence-corrected chi connectivity index (χ4v) is 8.68. The van der Waals surface area contributed by atoms with E-state index >= 15 is 0 Å². The average molecular weight is 752 g/mol. The van der Waals surface area contributed by atoms with Crippen molar-refractivity contribution < 1.29 is 41.6 Å². The maximum Gasteiger partial charge on any atom is 0.325 e. The predicted molar refractivity (Wildman–Crippen MR) is 190 cm³/mol. The van der Waals surface area contributed by atoms with Crippen LogP contribution in [0, 0.1) is 0 Å². The van der Waals surface area contributed by atoms with Crippen molar-refractivity contribution in [1.29, 1.82) is 0 Å². The van der Waals surface area contributed by atoms with E-state index in [-0.39, 0.29) is 27.2 Å². The Balaban J connectivity index is 1.38. The first-order valence-electron chi connectivity index (χ1n) is 16.6. The highest BCUT2D eigenvalue weighted by molar-refractivity contribution is 7.89. The molecule has 2 saturated heterocycles. The Morgan fingerprint density at radius 3 is 2.36 bits per heavy atom. The SMILES string of the molecule is COc1ccc(CC[C@@H](OC(=O)[C@@H]2CCCCN2S(=O)(=O)c2cc(Cl)c(OC)c(Cl)c2)c2cccc(OCCN3CCOCC3)c2)cc1OC. The lowest BCUT2D eigenvalue weighted by Gasteiger charge is -2.34. The van der Waals surface area contributed by atoms with E-state index in [2.05, 4.69) is 4.90 Å². The number of benzene rings is 3. The van der Waals surface area contributed by atoms with Gasteiger partial charge in [-0.3, -0.25) is 9.69 Å². The highest BCUT2D eigenvalue weighted by atomic mass is 35.5. The summed E-state index contributed by atoms with van der Waals surface area (Å²) in [5.41, 5.74) is 1.69. The zero-order valence-electron chi connectivity index (χ0n) is 28.6. The second kappa shape index (κ2) is 17.8. The van der Waals surface area contributed by atoms with Crippen molar-refractivity contribution in [3.8, 4) is 23.0 Å². The van der Waals surface area contributed by atoms with Crippen molar-refractivity contribution in [2.24, 2.45) is 0 Å². The van der Waals surface area contributed by atoms with Crippen molar-refractivity contribution in [1.82, 2.24) is 9.21 Å². The zero-order valence-corrected chi connectivity index (χ0v) is 30.9. The Hall–Kier alpha value is -3.26. The minimum absolute atomic E-state index is 0.0528. The summed E-state index contributed by atoms with van der Waals surface area (Å²) >= 11 is 12.6. The summed E-state index contributed by atoms with van der Waals surface area (Å²) in [6.45, 7) is 4.56. The predicted octanol–water partition coefficient (Wildman–Crippen LogP) is 6.19. The molecule has 3 aromatic carbocycles. The number of aryl methyl sites for hydroxylation is 1. The lowest BCUT2D eigenvalue weighted by atomic mass is 10.00. The van der Waals surface area contributed by atoms with Crippen LogP contribution >= 0.6 is 23.2 Å². The number of morpholine rings is 1. The topological polar surface area (TPSA) is 113 Å². The van der Waals surface area contributed by atoms with Gasteiger partial charge in [0.05, 0.1) is 49.5 Å². The van der Waals surface area contributed by atoms with Gasteiger partial charge >= 0.3 is 5.97 Å². The number of sulfonamides is 1. The van der Waals surface area contributed by atoms with Crippen molar-refractivity contribution >= 4 is 39.2 Å². The van der Waals surface area contributed by atoms with Crippen molar-refractivity contribution in [3.05, 3.63) is 75.8 Å². The molecule has 2 aliphatic rings. The van der Waals surface area contributed by atoms with Gasteiger partial charge in [-0.1, -0.05) is 41.4 Å². The number of hydrogen-bond donors (Lipinski definition) is 0. The maximum atomic E-state index is 14.0. The van der Waals surface area contributed by atoms with Gasteiger partial charge in [-0.25, -0.2) is 8.42 Å². The van der Waals surface area contributed by atoms with E-state index in [1.165, 1.54) is 23.5 Å². The molecule has 0 aromatic heterocycles. The molecule has 0 aliphatic carbocycles. The van der Waals surface area contributed by atoms with E-state index in [1.54, 1.807) is 14.2 Å². The summed E-state index contributed by atoms with van der Waals surface area (Å²) in [5.74, 6) is 1.40. The first kappa shape index (κ1) is 38.0. The summed E-state index contributed by atoms with van der Waals surface area (Å²) in [7, 11) is 0.380. The molecule has 2 fully saturated rings. The lowest BCUT2D eigenvalue weighted by molar-refractivity contribution is -0.155. The molecule has 2 heterocycles. The van der Waals surface area contributed by atoms with E-state index in [9.17, 15) is 13.2 Å². The Morgan fingerprint density at radius 1 is 0.920 bits per heavy atom. The van der Waals surface area contributed by atoms with Gasteiger partial charge in [-0.05, 0) is 79.6 Å². The molecule has 14 heteroatoms. The first-order valence-corrected chi connectivity index (χ1v) is 18.8. The molecule has 0 bridgehead atoms. The van der Waals surface area contributed by atoms with Gasteiger partial charge in [0, 0.05) is 26.2 Å². The summed E-state index contributed by atoms with van der Waals surface area (Å²) in [6, 6.07) is 14.7. The van der Waals surface area contributed by atoms with Crippen LogP contribution in [0.1, 0.15) is 42.9 Å². The van der Waals surface area contributed by atoms with Crippen LogP contribution in [0.25, 0.3) is 0 Å². The second-order valence-electron chi connectivity index (χ2n) is 12.1. The molecule has 0 spiro atoms.